The molecule has 0 amide bonds. The molecule has 3 aromatic carbocycles. The summed E-state index contributed by atoms with van der Waals surface area (Å²) in [4.78, 5) is 0. The Hall–Kier alpha value is -3.87. The number of rotatable bonds is 6. The molecule has 0 radical (unpaired) electrons. The SMILES string of the molecule is COc1cccc(C2=NN3[C@@H](C2)c2ccccc2O[C@H]3c2ccc(OC)c(OC)c2OC)c1. The van der Waals surface area contributed by atoms with Gasteiger partial charge in [-0.1, -0.05) is 30.3 Å². The Morgan fingerprint density at radius 2 is 1.64 bits per heavy atom. The minimum atomic E-state index is -0.497. The van der Waals surface area contributed by atoms with Crippen LogP contribution in [-0.2, 0) is 0 Å². The van der Waals surface area contributed by atoms with E-state index in [2.05, 4.69) is 12.1 Å². The molecule has 0 aliphatic carbocycles. The van der Waals surface area contributed by atoms with Gasteiger partial charge in [0.05, 0.1) is 45.8 Å². The van der Waals surface area contributed by atoms with Gasteiger partial charge in [0.25, 0.3) is 0 Å². The van der Waals surface area contributed by atoms with Crippen LogP contribution >= 0.6 is 0 Å². The lowest BCUT2D eigenvalue weighted by Gasteiger charge is -2.38. The lowest BCUT2D eigenvalue weighted by Crippen LogP contribution is -2.34. The maximum atomic E-state index is 6.49. The van der Waals surface area contributed by atoms with Crippen molar-refractivity contribution in [1.82, 2.24) is 5.01 Å². The van der Waals surface area contributed by atoms with E-state index in [0.29, 0.717) is 17.2 Å². The molecule has 0 saturated carbocycles. The van der Waals surface area contributed by atoms with E-state index in [1.807, 2.05) is 53.5 Å². The fourth-order valence-corrected chi connectivity index (χ4v) is 4.54. The van der Waals surface area contributed by atoms with Crippen molar-refractivity contribution >= 4 is 5.71 Å². The molecule has 3 aromatic rings. The highest BCUT2D eigenvalue weighted by Gasteiger charge is 2.42. The van der Waals surface area contributed by atoms with Crippen LogP contribution in [0.25, 0.3) is 0 Å². The Morgan fingerprint density at radius 3 is 2.39 bits per heavy atom. The van der Waals surface area contributed by atoms with Crippen molar-refractivity contribution in [3.8, 4) is 28.7 Å². The van der Waals surface area contributed by atoms with Crippen LogP contribution < -0.4 is 23.7 Å². The molecule has 7 nitrogen and oxygen atoms in total. The summed E-state index contributed by atoms with van der Waals surface area (Å²) in [6.07, 6.45) is 0.252. The average Bonchev–Trinajstić information content (AvgIpc) is 3.33. The van der Waals surface area contributed by atoms with Crippen molar-refractivity contribution in [3.05, 3.63) is 77.4 Å². The van der Waals surface area contributed by atoms with E-state index in [-0.39, 0.29) is 6.04 Å². The number of ether oxygens (including phenoxy) is 5. The number of hydrogen-bond acceptors (Lipinski definition) is 7. The molecular formula is C26H26N2O5. The van der Waals surface area contributed by atoms with Crippen LogP contribution in [0.2, 0.25) is 0 Å². The number of hydrogen-bond donors (Lipinski definition) is 0. The van der Waals surface area contributed by atoms with Crippen LogP contribution in [0.3, 0.4) is 0 Å². The van der Waals surface area contributed by atoms with Crippen molar-refractivity contribution in [1.29, 1.82) is 0 Å². The molecule has 170 valence electrons. The van der Waals surface area contributed by atoms with Crippen LogP contribution in [0.5, 0.6) is 28.7 Å². The summed E-state index contributed by atoms with van der Waals surface area (Å²) in [5.74, 6) is 3.31. The van der Waals surface area contributed by atoms with Gasteiger partial charge in [-0.2, -0.15) is 5.10 Å². The van der Waals surface area contributed by atoms with Crippen molar-refractivity contribution < 1.29 is 23.7 Å². The van der Waals surface area contributed by atoms with E-state index in [1.54, 1.807) is 28.4 Å². The van der Waals surface area contributed by atoms with E-state index >= 15 is 0 Å². The van der Waals surface area contributed by atoms with Crippen LogP contribution in [-0.4, -0.2) is 39.2 Å². The summed E-state index contributed by atoms with van der Waals surface area (Å²) in [6.45, 7) is 0. The average molecular weight is 447 g/mol. The van der Waals surface area contributed by atoms with Gasteiger partial charge in [-0.15, -0.1) is 0 Å². The van der Waals surface area contributed by atoms with Gasteiger partial charge in [-0.05, 0) is 30.3 Å². The fraction of sp³-hybridized carbons (Fsp3) is 0.269. The van der Waals surface area contributed by atoms with E-state index in [0.717, 1.165) is 40.3 Å². The summed E-state index contributed by atoms with van der Waals surface area (Å²) >= 11 is 0. The minimum absolute atomic E-state index is 0.0268. The second-order valence-electron chi connectivity index (χ2n) is 7.81. The molecule has 2 aliphatic heterocycles. The highest BCUT2D eigenvalue weighted by Crippen LogP contribution is 2.51. The van der Waals surface area contributed by atoms with Gasteiger partial charge in [0.2, 0.25) is 12.0 Å². The maximum absolute atomic E-state index is 6.49. The number of para-hydroxylation sites is 1. The van der Waals surface area contributed by atoms with Gasteiger partial charge < -0.3 is 23.7 Å². The molecule has 33 heavy (non-hydrogen) atoms. The molecule has 2 atom stereocenters. The molecule has 2 heterocycles. The zero-order valence-corrected chi connectivity index (χ0v) is 19.1. The minimum Gasteiger partial charge on any atom is -0.497 e. The van der Waals surface area contributed by atoms with E-state index in [4.69, 9.17) is 28.8 Å². The predicted molar refractivity (Wildman–Crippen MR) is 125 cm³/mol. The molecule has 0 N–H and O–H groups in total. The van der Waals surface area contributed by atoms with Gasteiger partial charge in [-0.25, -0.2) is 5.01 Å². The van der Waals surface area contributed by atoms with Crippen molar-refractivity contribution in [2.75, 3.05) is 28.4 Å². The molecule has 0 spiro atoms. The molecule has 5 rings (SSSR count). The zero-order valence-electron chi connectivity index (χ0n) is 19.1. The maximum Gasteiger partial charge on any atom is 0.217 e. The first-order chi connectivity index (χ1) is 16.2. The fourth-order valence-electron chi connectivity index (χ4n) is 4.54. The summed E-state index contributed by atoms with van der Waals surface area (Å²) in [7, 11) is 6.48. The molecule has 0 bridgehead atoms. The molecule has 0 aromatic heterocycles. The summed E-state index contributed by atoms with van der Waals surface area (Å²) < 4.78 is 28.8. The monoisotopic (exact) mass is 446 g/mol. The third-order valence-corrected chi connectivity index (χ3v) is 6.10. The summed E-state index contributed by atoms with van der Waals surface area (Å²) in [5, 5.41) is 7.04. The number of benzene rings is 3. The quantitative estimate of drug-likeness (QED) is 0.533. The molecular weight excluding hydrogens is 420 g/mol. The molecule has 2 aliphatic rings. The van der Waals surface area contributed by atoms with Gasteiger partial charge >= 0.3 is 0 Å². The van der Waals surface area contributed by atoms with Gasteiger partial charge in [0, 0.05) is 17.5 Å². The zero-order chi connectivity index (χ0) is 22.9. The number of hydrazone groups is 1. The summed E-state index contributed by atoms with van der Waals surface area (Å²) in [6, 6.07) is 19.9. The Labute approximate surface area is 193 Å². The smallest absolute Gasteiger partial charge is 0.217 e. The number of methoxy groups -OCH3 is 4. The molecule has 7 heteroatoms. The first-order valence-electron chi connectivity index (χ1n) is 10.7. The predicted octanol–water partition coefficient (Wildman–Crippen LogP) is 4.96. The lowest BCUT2D eigenvalue weighted by atomic mass is 9.95. The number of nitrogens with zero attached hydrogens (tertiary/aromatic N) is 2. The van der Waals surface area contributed by atoms with E-state index < -0.39 is 6.23 Å². The third kappa shape index (κ3) is 3.50. The molecule has 0 fully saturated rings. The largest absolute Gasteiger partial charge is 0.497 e. The van der Waals surface area contributed by atoms with Crippen LogP contribution in [0.4, 0.5) is 0 Å². The second kappa shape index (κ2) is 8.58. The highest BCUT2D eigenvalue weighted by molar-refractivity contribution is 6.02. The van der Waals surface area contributed by atoms with Crippen molar-refractivity contribution in [2.45, 2.75) is 18.7 Å². The van der Waals surface area contributed by atoms with Crippen LogP contribution in [0.1, 0.15) is 35.4 Å². The van der Waals surface area contributed by atoms with Crippen molar-refractivity contribution in [3.63, 3.8) is 0 Å². The first-order valence-corrected chi connectivity index (χ1v) is 10.7. The summed E-state index contributed by atoms with van der Waals surface area (Å²) in [5.41, 5.74) is 3.92. The highest BCUT2D eigenvalue weighted by atomic mass is 16.5. The van der Waals surface area contributed by atoms with Gasteiger partial charge in [0.15, 0.2) is 11.5 Å². The lowest BCUT2D eigenvalue weighted by molar-refractivity contribution is -0.0205. The third-order valence-electron chi connectivity index (χ3n) is 6.10. The van der Waals surface area contributed by atoms with Crippen molar-refractivity contribution in [2.24, 2.45) is 5.10 Å². The normalized spacial score (nSPS) is 18.5. The van der Waals surface area contributed by atoms with Gasteiger partial charge in [0.1, 0.15) is 11.5 Å². The molecule has 0 saturated heterocycles. The molecule has 0 unspecified atom stereocenters. The Morgan fingerprint density at radius 1 is 0.818 bits per heavy atom. The Balaban J connectivity index is 1.63. The standard InChI is InChI=1S/C26H26N2O5/c1-29-17-9-7-8-16(14-17)20-15-21-18-10-5-6-11-22(18)33-26(28(21)27-20)19-12-13-23(30-2)25(32-4)24(19)31-3/h5-14,21,26H,15H2,1-4H3/t21-,26-/m0/s1. The Kier molecular flexibility index (Phi) is 5.46. The topological polar surface area (TPSA) is 61.8 Å². The number of fused-ring (bicyclic) bond motifs is 3. The van der Waals surface area contributed by atoms with Gasteiger partial charge in [-0.3, -0.25) is 0 Å². The Bertz CT molecular complexity index is 1210. The van der Waals surface area contributed by atoms with Crippen LogP contribution in [0, 0.1) is 0 Å². The second-order valence-corrected chi connectivity index (χ2v) is 7.81. The van der Waals surface area contributed by atoms with E-state index in [9.17, 15) is 0 Å². The van der Waals surface area contributed by atoms with Crippen LogP contribution in [0.15, 0.2) is 65.8 Å². The van der Waals surface area contributed by atoms with E-state index in [1.165, 1.54) is 0 Å². The first kappa shape index (κ1) is 21.0.